The lowest BCUT2D eigenvalue weighted by Crippen LogP contribution is -2.59. The standard InChI is InChI=1S/C32H32F5N7O2S/c1-5-25(45)43-16(2)10-42(11-17(43)3)30-21-8-23(32(35,36)37)26(20-6-7-24(34)22-9-38-40(4)27(20)22)29-28(21)44(31(46)39-30)19(15-47-29)14-41-12-18(33)13-41/h5-9,16-19H,1,10-15H2,2-4H3/t16-,17+,19?. The van der Waals surface area contributed by atoms with Crippen molar-refractivity contribution in [2.75, 3.05) is 43.4 Å². The molecule has 7 rings (SSSR count). The number of rotatable bonds is 5. The highest BCUT2D eigenvalue weighted by Gasteiger charge is 2.42. The number of aromatic nitrogens is 4. The SMILES string of the molecule is C=CC(=O)N1[C@H](C)CN(c2nc(=O)n3c4c(c(-c5ccc(F)c6cnn(C)c56)c(C(F)(F)F)cc24)SCC3CN2CC(F)C2)C[C@@H]1C. The number of likely N-dealkylation sites (tertiary alicyclic amines) is 1. The van der Waals surface area contributed by atoms with Gasteiger partial charge in [0.1, 0.15) is 17.8 Å². The van der Waals surface area contributed by atoms with E-state index in [0.29, 0.717) is 12.1 Å². The predicted molar refractivity (Wildman–Crippen MR) is 170 cm³/mol. The third-order valence-corrected chi connectivity index (χ3v) is 10.6. The lowest BCUT2D eigenvalue weighted by atomic mass is 9.94. The largest absolute Gasteiger partial charge is 0.417 e. The van der Waals surface area contributed by atoms with Crippen LogP contribution in [0.25, 0.3) is 32.9 Å². The minimum Gasteiger partial charge on any atom is -0.352 e. The summed E-state index contributed by atoms with van der Waals surface area (Å²) in [6.45, 7) is 8.45. The second kappa shape index (κ2) is 11.3. The molecule has 2 aromatic heterocycles. The van der Waals surface area contributed by atoms with Crippen molar-refractivity contribution in [3.8, 4) is 11.1 Å². The molecule has 2 aromatic carbocycles. The Hall–Kier alpha value is -3.98. The first-order valence-electron chi connectivity index (χ1n) is 15.3. The van der Waals surface area contributed by atoms with Gasteiger partial charge in [0.15, 0.2) is 0 Å². The Balaban J connectivity index is 1.51. The number of hydrogen-bond acceptors (Lipinski definition) is 7. The van der Waals surface area contributed by atoms with Crippen molar-refractivity contribution in [2.45, 2.75) is 49.2 Å². The number of aryl methyl sites for hydroxylation is 1. The first-order chi connectivity index (χ1) is 22.3. The molecule has 9 nitrogen and oxygen atoms in total. The normalized spacial score (nSPS) is 22.3. The van der Waals surface area contributed by atoms with Gasteiger partial charge in [-0.15, -0.1) is 11.8 Å². The molecule has 2 fully saturated rings. The van der Waals surface area contributed by atoms with Crippen molar-refractivity contribution >= 4 is 45.3 Å². The summed E-state index contributed by atoms with van der Waals surface area (Å²) in [6.07, 6.45) is -3.30. The summed E-state index contributed by atoms with van der Waals surface area (Å²) >= 11 is 1.20. The van der Waals surface area contributed by atoms with Crippen LogP contribution in [-0.4, -0.2) is 91.8 Å². The van der Waals surface area contributed by atoms with Gasteiger partial charge in [0.05, 0.1) is 34.2 Å². The van der Waals surface area contributed by atoms with Crippen molar-refractivity contribution in [1.82, 2.24) is 29.1 Å². The molecule has 248 valence electrons. The summed E-state index contributed by atoms with van der Waals surface area (Å²) in [7, 11) is 1.54. The molecular formula is C32H32F5N7O2S. The van der Waals surface area contributed by atoms with E-state index in [2.05, 4.69) is 16.7 Å². The molecule has 47 heavy (non-hydrogen) atoms. The molecule has 1 amide bonds. The first-order valence-corrected chi connectivity index (χ1v) is 16.3. The highest BCUT2D eigenvalue weighted by Crippen LogP contribution is 2.51. The average molecular weight is 674 g/mol. The van der Waals surface area contributed by atoms with Crippen molar-refractivity contribution < 1.29 is 26.7 Å². The Morgan fingerprint density at radius 1 is 1.11 bits per heavy atom. The number of carbonyl (C=O) groups is 1. The molecule has 3 aliphatic rings. The van der Waals surface area contributed by atoms with Crippen molar-refractivity contribution in [1.29, 1.82) is 0 Å². The summed E-state index contributed by atoms with van der Waals surface area (Å²) in [5.74, 6) is -0.534. The number of alkyl halides is 4. The average Bonchev–Trinajstić information content (AvgIpc) is 3.39. The van der Waals surface area contributed by atoms with Crippen LogP contribution in [-0.2, 0) is 18.0 Å². The third kappa shape index (κ3) is 5.09. The van der Waals surface area contributed by atoms with E-state index < -0.39 is 35.5 Å². The molecular weight excluding hydrogens is 641 g/mol. The Morgan fingerprint density at radius 2 is 1.81 bits per heavy atom. The molecule has 5 heterocycles. The predicted octanol–water partition coefficient (Wildman–Crippen LogP) is 5.02. The van der Waals surface area contributed by atoms with Crippen LogP contribution in [0, 0.1) is 5.82 Å². The number of anilines is 1. The molecule has 1 unspecified atom stereocenters. The maximum absolute atomic E-state index is 15.2. The van der Waals surface area contributed by atoms with E-state index in [1.165, 1.54) is 46.4 Å². The summed E-state index contributed by atoms with van der Waals surface area (Å²) < 4.78 is 77.0. The van der Waals surface area contributed by atoms with Crippen LogP contribution in [0.2, 0.25) is 0 Å². The van der Waals surface area contributed by atoms with Gasteiger partial charge in [-0.1, -0.05) is 6.58 Å². The second-order valence-corrected chi connectivity index (χ2v) is 13.6. The molecule has 0 spiro atoms. The van der Waals surface area contributed by atoms with Gasteiger partial charge in [-0.3, -0.25) is 18.9 Å². The smallest absolute Gasteiger partial charge is 0.352 e. The fraction of sp³-hybridized carbons (Fsp3) is 0.438. The van der Waals surface area contributed by atoms with Gasteiger partial charge in [0, 0.05) is 79.0 Å². The summed E-state index contributed by atoms with van der Waals surface area (Å²) in [6, 6.07) is 2.31. The van der Waals surface area contributed by atoms with E-state index in [9.17, 15) is 18.4 Å². The van der Waals surface area contributed by atoms with Crippen molar-refractivity contribution in [2.24, 2.45) is 7.05 Å². The minimum atomic E-state index is -4.83. The van der Waals surface area contributed by atoms with Crippen LogP contribution in [0.3, 0.4) is 0 Å². The molecule has 0 aliphatic carbocycles. The number of hydrogen-bond donors (Lipinski definition) is 0. The van der Waals surface area contributed by atoms with Crippen LogP contribution in [0.4, 0.5) is 27.8 Å². The zero-order chi connectivity index (χ0) is 33.5. The van der Waals surface area contributed by atoms with E-state index in [0.717, 1.165) is 12.1 Å². The Kier molecular flexibility index (Phi) is 7.62. The molecule has 0 N–H and O–H groups in total. The molecule has 2 saturated heterocycles. The number of nitrogens with zero attached hydrogens (tertiary/aromatic N) is 7. The third-order valence-electron chi connectivity index (χ3n) is 9.38. The maximum Gasteiger partial charge on any atom is 0.417 e. The minimum absolute atomic E-state index is 0.0744. The molecule has 15 heteroatoms. The zero-order valence-corrected chi connectivity index (χ0v) is 26.7. The van der Waals surface area contributed by atoms with E-state index in [1.807, 2.05) is 18.7 Å². The van der Waals surface area contributed by atoms with Gasteiger partial charge < -0.3 is 9.80 Å². The molecule has 0 radical (unpaired) electrons. The lowest BCUT2D eigenvalue weighted by molar-refractivity contribution is -0.137. The number of fused-ring (bicyclic) bond motifs is 1. The molecule has 4 aromatic rings. The zero-order valence-electron chi connectivity index (χ0n) is 25.9. The van der Waals surface area contributed by atoms with Gasteiger partial charge >= 0.3 is 11.9 Å². The van der Waals surface area contributed by atoms with E-state index in [1.54, 1.807) is 9.80 Å². The summed E-state index contributed by atoms with van der Waals surface area (Å²) in [4.78, 5) is 36.5. The number of halogens is 5. The van der Waals surface area contributed by atoms with Gasteiger partial charge in [0.2, 0.25) is 5.91 Å². The number of thioether (sulfide) groups is 1. The Morgan fingerprint density at radius 3 is 2.45 bits per heavy atom. The van der Waals surface area contributed by atoms with Crippen molar-refractivity contribution in [3.63, 3.8) is 0 Å². The molecule has 3 aliphatic heterocycles. The van der Waals surface area contributed by atoms with Crippen LogP contribution in [0.1, 0.15) is 25.5 Å². The van der Waals surface area contributed by atoms with Crippen LogP contribution in [0.5, 0.6) is 0 Å². The molecule has 3 atom stereocenters. The summed E-state index contributed by atoms with van der Waals surface area (Å²) in [5, 5.41) is 4.34. The van der Waals surface area contributed by atoms with Crippen LogP contribution in [0.15, 0.2) is 46.7 Å². The number of amides is 1. The molecule has 0 bridgehead atoms. The summed E-state index contributed by atoms with van der Waals surface area (Å²) in [5.41, 5.74) is -1.11. The van der Waals surface area contributed by atoms with E-state index in [4.69, 9.17) is 0 Å². The fourth-order valence-corrected chi connectivity index (χ4v) is 8.73. The monoisotopic (exact) mass is 673 g/mol. The number of piperazine rings is 1. The van der Waals surface area contributed by atoms with Gasteiger partial charge in [-0.25, -0.2) is 13.6 Å². The highest BCUT2D eigenvalue weighted by molar-refractivity contribution is 7.99. The molecule has 0 saturated carbocycles. The number of benzene rings is 2. The van der Waals surface area contributed by atoms with Gasteiger partial charge in [-0.2, -0.15) is 23.3 Å². The van der Waals surface area contributed by atoms with Gasteiger partial charge in [0.25, 0.3) is 0 Å². The van der Waals surface area contributed by atoms with E-state index in [-0.39, 0.29) is 88.1 Å². The van der Waals surface area contributed by atoms with Crippen LogP contribution < -0.4 is 10.6 Å². The first kappa shape index (κ1) is 31.6. The second-order valence-electron chi connectivity index (χ2n) is 12.6. The fourth-order valence-electron chi connectivity index (χ4n) is 7.41. The van der Waals surface area contributed by atoms with Crippen LogP contribution >= 0.6 is 11.8 Å². The topological polar surface area (TPSA) is 79.5 Å². The Labute approximate surface area is 270 Å². The quantitative estimate of drug-likeness (QED) is 0.218. The van der Waals surface area contributed by atoms with Gasteiger partial charge in [-0.05, 0) is 38.1 Å². The van der Waals surface area contributed by atoms with Crippen molar-refractivity contribution in [3.05, 3.63) is 58.9 Å². The number of carbonyl (C=O) groups excluding carboxylic acids is 1. The van der Waals surface area contributed by atoms with E-state index >= 15 is 13.2 Å². The lowest BCUT2D eigenvalue weighted by Gasteiger charge is -2.45. The highest BCUT2D eigenvalue weighted by atomic mass is 32.2. The Bertz CT molecular complexity index is 1990. The maximum atomic E-state index is 15.2.